The third kappa shape index (κ3) is 10.8. The van der Waals surface area contributed by atoms with Crippen LogP contribution in [0.25, 0.3) is 11.1 Å². The first-order valence-corrected chi connectivity index (χ1v) is 20.9. The van der Waals surface area contributed by atoms with Crippen LogP contribution < -0.4 is 9.62 Å². The van der Waals surface area contributed by atoms with Gasteiger partial charge in [0.25, 0.3) is 21.6 Å². The largest absolute Gasteiger partial charge is 0.369 e. The molecule has 5 aromatic carbocycles. The highest BCUT2D eigenvalue weighted by molar-refractivity contribution is 7.99. The van der Waals surface area contributed by atoms with Gasteiger partial charge >= 0.3 is 0 Å². The van der Waals surface area contributed by atoms with E-state index in [-0.39, 0.29) is 22.1 Å². The first-order chi connectivity index (χ1) is 26.6. The second kappa shape index (κ2) is 18.5. The van der Waals surface area contributed by atoms with E-state index in [1.54, 1.807) is 23.9 Å². The van der Waals surface area contributed by atoms with Gasteiger partial charge in [0.1, 0.15) is 0 Å². The number of rotatable bonds is 16. The number of nitrogens with one attached hydrogen (secondary N) is 1. The maximum Gasteiger partial charge on any atom is 0.274 e. The number of nitrogens with zero attached hydrogens (tertiary/aromatic N) is 4. The Hall–Kier alpha value is -5.01. The van der Waals surface area contributed by atoms with Gasteiger partial charge < -0.3 is 9.80 Å². The molecule has 0 spiro atoms. The quantitative estimate of drug-likeness (QED) is 0.0606. The summed E-state index contributed by atoms with van der Waals surface area (Å²) in [5.74, 6) is -0.395. The third-order valence-corrected chi connectivity index (χ3v) is 12.3. The molecule has 12 heteroatoms. The topological polar surface area (TPSA) is 116 Å². The molecule has 10 nitrogen and oxygen atoms in total. The molecule has 5 aromatic rings. The second-order valence-electron chi connectivity index (χ2n) is 14.1. The molecule has 286 valence electrons. The van der Waals surface area contributed by atoms with Crippen molar-refractivity contribution in [3.8, 4) is 11.1 Å². The van der Waals surface area contributed by atoms with Gasteiger partial charge in [-0.2, -0.15) is 0 Å². The number of thioether (sulfide) groups is 1. The van der Waals surface area contributed by atoms with Crippen LogP contribution in [-0.2, 0) is 16.6 Å². The van der Waals surface area contributed by atoms with Gasteiger partial charge in [0, 0.05) is 72.2 Å². The lowest BCUT2D eigenvalue weighted by molar-refractivity contribution is -0.385. The maximum atomic E-state index is 13.4. The number of anilines is 1. The van der Waals surface area contributed by atoms with Gasteiger partial charge in [0.2, 0.25) is 0 Å². The van der Waals surface area contributed by atoms with Crippen molar-refractivity contribution in [2.45, 2.75) is 35.1 Å². The van der Waals surface area contributed by atoms with Crippen LogP contribution in [0.5, 0.6) is 0 Å². The molecule has 1 heterocycles. The molecular formula is C43H47N5O5S2. The summed E-state index contributed by atoms with van der Waals surface area (Å²) in [7, 11) is -0.441. The number of carbonyl (C=O) groups is 1. The van der Waals surface area contributed by atoms with Crippen molar-refractivity contribution >= 4 is 39.1 Å². The van der Waals surface area contributed by atoms with E-state index in [4.69, 9.17) is 0 Å². The van der Waals surface area contributed by atoms with Gasteiger partial charge in [-0.3, -0.25) is 19.8 Å². The Morgan fingerprint density at radius 2 is 1.51 bits per heavy atom. The summed E-state index contributed by atoms with van der Waals surface area (Å²) in [6.45, 7) is 5.07. The first-order valence-electron chi connectivity index (χ1n) is 18.5. The van der Waals surface area contributed by atoms with Gasteiger partial charge in [-0.25, -0.2) is 13.1 Å². The number of carbonyl (C=O) groups excluding carboxylic acids is 1. The molecule has 0 radical (unpaired) electrons. The summed E-state index contributed by atoms with van der Waals surface area (Å²) >= 11 is 1.61. The predicted molar refractivity (Wildman–Crippen MR) is 221 cm³/mol. The second-order valence-corrected chi connectivity index (χ2v) is 16.8. The van der Waals surface area contributed by atoms with E-state index in [1.807, 2.05) is 62.6 Å². The number of nitro groups is 1. The minimum Gasteiger partial charge on any atom is -0.369 e. The van der Waals surface area contributed by atoms with E-state index in [0.29, 0.717) is 17.7 Å². The van der Waals surface area contributed by atoms with Crippen LogP contribution >= 0.6 is 11.8 Å². The zero-order valence-electron chi connectivity index (χ0n) is 31.2. The fourth-order valence-corrected chi connectivity index (χ4v) is 8.94. The standard InChI is InChI=1S/C43H47N5O5S2/c1-45(2)24-10-15-37(32-54-39-16-7-4-8-17-39)41-23-22-40(30-42(41)48(50)51)55(52,53)44-43(49)35-18-20-38(21-19-35)47-27-25-46(26-28-47)31-33-11-9-14-36(29-33)34-12-5-3-6-13-34/h3-9,11-14,16-23,29-30,37H,10,15,24-28,31-32H2,1-2H3,(H,44,49)/t37-/m0/s1. The van der Waals surface area contributed by atoms with Gasteiger partial charge in [0.15, 0.2) is 0 Å². The van der Waals surface area contributed by atoms with Crippen LogP contribution in [0.15, 0.2) is 137 Å². The van der Waals surface area contributed by atoms with Crippen LogP contribution in [0.2, 0.25) is 0 Å². The smallest absolute Gasteiger partial charge is 0.274 e. The number of sulfonamides is 1. The highest BCUT2D eigenvalue weighted by atomic mass is 32.2. The third-order valence-electron chi connectivity index (χ3n) is 9.84. The highest BCUT2D eigenvalue weighted by Gasteiger charge is 2.28. The lowest BCUT2D eigenvalue weighted by atomic mass is 9.94. The van der Waals surface area contributed by atoms with Crippen LogP contribution in [0.3, 0.4) is 0 Å². The molecular weight excluding hydrogens is 731 g/mol. The number of hydrogen-bond acceptors (Lipinski definition) is 9. The minimum atomic E-state index is -4.40. The number of benzene rings is 5. The van der Waals surface area contributed by atoms with Crippen LogP contribution in [-0.4, -0.2) is 81.6 Å². The van der Waals surface area contributed by atoms with Crippen molar-refractivity contribution in [3.05, 3.63) is 154 Å². The van der Waals surface area contributed by atoms with Crippen LogP contribution in [0.4, 0.5) is 11.4 Å². The van der Waals surface area contributed by atoms with Gasteiger partial charge in [-0.15, -0.1) is 11.8 Å². The fourth-order valence-electron chi connectivity index (χ4n) is 6.86. The maximum absolute atomic E-state index is 13.4. The lowest BCUT2D eigenvalue weighted by Crippen LogP contribution is -2.46. The van der Waals surface area contributed by atoms with Gasteiger partial charge in [0.05, 0.1) is 9.82 Å². The Kier molecular flexibility index (Phi) is 13.4. The van der Waals surface area contributed by atoms with E-state index >= 15 is 0 Å². The Morgan fingerprint density at radius 3 is 2.18 bits per heavy atom. The average molecular weight is 778 g/mol. The summed E-state index contributed by atoms with van der Waals surface area (Å²) in [4.78, 5) is 32.4. The molecule has 1 atom stereocenters. The molecule has 1 N–H and O–H groups in total. The SMILES string of the molecule is CN(C)CCC[C@@H](CSc1ccccc1)c1ccc(S(=O)(=O)NC(=O)c2ccc(N3CCN(Cc4cccc(-c5ccccc5)c4)CC3)cc2)cc1[N+](=O)[O-]. The lowest BCUT2D eigenvalue weighted by Gasteiger charge is -2.36. The first kappa shape index (κ1) is 39.7. The van der Waals surface area contributed by atoms with E-state index in [0.717, 1.165) is 62.3 Å². The molecule has 1 saturated heterocycles. The van der Waals surface area contributed by atoms with E-state index in [9.17, 15) is 23.3 Å². The molecule has 1 fully saturated rings. The number of nitro benzene ring substituents is 1. The minimum absolute atomic E-state index is 0.175. The normalized spacial score (nSPS) is 14.1. The predicted octanol–water partition coefficient (Wildman–Crippen LogP) is 7.92. The Morgan fingerprint density at radius 1 is 0.836 bits per heavy atom. The molecule has 1 amide bonds. The summed E-state index contributed by atoms with van der Waals surface area (Å²) in [6.07, 6.45) is 1.51. The Bertz CT molecular complexity index is 2160. The Labute approximate surface area is 328 Å². The van der Waals surface area contributed by atoms with Crippen LogP contribution in [0, 0.1) is 10.1 Å². The molecule has 0 unspecified atom stereocenters. The molecule has 6 rings (SSSR count). The zero-order chi connectivity index (χ0) is 38.8. The average Bonchev–Trinajstić information content (AvgIpc) is 3.20. The monoisotopic (exact) mass is 777 g/mol. The molecule has 1 aliphatic heterocycles. The molecule has 0 aromatic heterocycles. The molecule has 1 aliphatic rings. The number of hydrogen-bond donors (Lipinski definition) is 1. The Balaban J connectivity index is 1.07. The van der Waals surface area contributed by atoms with E-state index < -0.39 is 20.9 Å². The van der Waals surface area contributed by atoms with Crippen molar-refractivity contribution in [1.29, 1.82) is 0 Å². The summed E-state index contributed by atoms with van der Waals surface area (Å²) < 4.78 is 29.0. The van der Waals surface area contributed by atoms with Crippen LogP contribution in [0.1, 0.15) is 40.2 Å². The van der Waals surface area contributed by atoms with Crippen molar-refractivity contribution in [2.75, 3.05) is 57.5 Å². The highest BCUT2D eigenvalue weighted by Crippen LogP contribution is 2.36. The van der Waals surface area contributed by atoms with E-state index in [2.05, 4.69) is 68.0 Å². The van der Waals surface area contributed by atoms with Crippen molar-refractivity contribution in [3.63, 3.8) is 0 Å². The summed E-state index contributed by atoms with van der Waals surface area (Å²) in [6, 6.07) is 39.7. The summed E-state index contributed by atoms with van der Waals surface area (Å²) in [5.41, 5.74) is 5.00. The molecule has 0 aliphatic carbocycles. The number of piperazine rings is 1. The fraction of sp³-hybridized carbons (Fsp3) is 0.279. The number of amides is 1. The zero-order valence-corrected chi connectivity index (χ0v) is 32.8. The van der Waals surface area contributed by atoms with E-state index in [1.165, 1.54) is 28.8 Å². The molecule has 55 heavy (non-hydrogen) atoms. The van der Waals surface area contributed by atoms with Gasteiger partial charge in [-0.1, -0.05) is 72.8 Å². The summed E-state index contributed by atoms with van der Waals surface area (Å²) in [5, 5.41) is 12.3. The molecule has 0 saturated carbocycles. The van der Waals surface area contributed by atoms with Crippen molar-refractivity contribution in [1.82, 2.24) is 14.5 Å². The van der Waals surface area contributed by atoms with Crippen molar-refractivity contribution < 1.29 is 18.1 Å². The molecule has 0 bridgehead atoms. The van der Waals surface area contributed by atoms with Gasteiger partial charge in [-0.05, 0) is 98.7 Å². The van der Waals surface area contributed by atoms with Crippen molar-refractivity contribution in [2.24, 2.45) is 0 Å².